The van der Waals surface area contributed by atoms with Crippen LogP contribution in [0, 0.1) is 11.8 Å². The smallest absolute Gasteiger partial charge is 0.340 e. The molecule has 2 unspecified atom stereocenters. The monoisotopic (exact) mass is 674 g/mol. The molecule has 0 aliphatic heterocycles. The Hall–Kier alpha value is 0.0800. The normalized spacial score (nSPS) is 13.1. The van der Waals surface area contributed by atoms with Crippen molar-refractivity contribution in [3.05, 3.63) is 29.0 Å². The van der Waals surface area contributed by atoms with Gasteiger partial charge in [0.15, 0.2) is 0 Å². The number of carbonyl (C=O) groups is 2. The first kappa shape index (κ1) is 28.1. The van der Waals surface area contributed by atoms with Gasteiger partial charge in [-0.25, -0.2) is 9.59 Å². The van der Waals surface area contributed by atoms with Crippen molar-refractivity contribution >= 4 is 75.7 Å². The van der Waals surface area contributed by atoms with Crippen molar-refractivity contribution in [2.45, 2.75) is 66.2 Å². The van der Waals surface area contributed by atoms with E-state index in [-0.39, 0.29) is 23.0 Å². The second kappa shape index (κ2) is 14.3. The highest BCUT2D eigenvalue weighted by Gasteiger charge is 2.30. The Labute approximate surface area is 213 Å². The van der Waals surface area contributed by atoms with Crippen LogP contribution in [0.3, 0.4) is 0 Å². The number of carbonyl (C=O) groups excluding carboxylic acids is 2. The van der Waals surface area contributed by atoms with Crippen LogP contribution < -0.4 is 0 Å². The van der Waals surface area contributed by atoms with Crippen molar-refractivity contribution in [1.82, 2.24) is 0 Å². The lowest BCUT2D eigenvalue weighted by Gasteiger charge is -2.18. The van der Waals surface area contributed by atoms with Gasteiger partial charge in [0.25, 0.3) is 0 Å². The number of hydrogen-bond acceptors (Lipinski definition) is 4. The van der Waals surface area contributed by atoms with E-state index in [0.29, 0.717) is 31.1 Å². The fraction of sp³-hybridized carbons (Fsp3) is 0.636. The Bertz CT molecular complexity index is 676. The van der Waals surface area contributed by atoms with Crippen molar-refractivity contribution in [1.29, 1.82) is 0 Å². The zero-order chi connectivity index (χ0) is 22.8. The van der Waals surface area contributed by atoms with E-state index in [1.54, 1.807) is 0 Å². The summed E-state index contributed by atoms with van der Waals surface area (Å²) in [5.74, 6) is -0.593. The lowest BCUT2D eigenvalue weighted by atomic mass is 10.0. The van der Waals surface area contributed by atoms with Gasteiger partial charge in [0.1, 0.15) is 0 Å². The Morgan fingerprint density at radius 2 is 1.03 bits per heavy atom. The van der Waals surface area contributed by atoms with Gasteiger partial charge in [-0.1, -0.05) is 53.4 Å². The second-order valence-electron chi connectivity index (χ2n) is 7.70. The van der Waals surface area contributed by atoms with E-state index >= 15 is 0 Å². The number of halogens is 4. The molecule has 0 bridgehead atoms. The minimum absolute atomic E-state index is 0.158. The van der Waals surface area contributed by atoms with Gasteiger partial charge in [-0.2, -0.15) is 0 Å². The van der Waals surface area contributed by atoms with Gasteiger partial charge in [0.05, 0.1) is 24.3 Å². The Morgan fingerprint density at radius 1 is 0.700 bits per heavy atom. The first-order chi connectivity index (χ1) is 14.1. The van der Waals surface area contributed by atoms with Crippen molar-refractivity contribution < 1.29 is 19.1 Å². The minimum Gasteiger partial charge on any atom is -0.462 e. The van der Waals surface area contributed by atoms with Crippen LogP contribution in [-0.4, -0.2) is 25.2 Å². The molecule has 0 aliphatic carbocycles. The largest absolute Gasteiger partial charge is 0.462 e. The maximum atomic E-state index is 12.9. The third-order valence-corrected chi connectivity index (χ3v) is 9.54. The molecule has 0 saturated carbocycles. The molecule has 1 rings (SSSR count). The van der Waals surface area contributed by atoms with Crippen molar-refractivity contribution in [2.24, 2.45) is 11.8 Å². The quantitative estimate of drug-likeness (QED) is 0.126. The molecule has 170 valence electrons. The maximum Gasteiger partial charge on any atom is 0.340 e. The standard InChI is InChI=1S/C22H30Br4O4/c1-5-7-9-13(3)11-29-21(27)15-16(18(24)20(26)19(25)17(15)23)22(28)30-12-14(4)10-8-6-2/h13-14H,5-12H2,1-4H3. The van der Waals surface area contributed by atoms with E-state index in [1.165, 1.54) is 0 Å². The molecule has 0 aromatic heterocycles. The minimum atomic E-state index is -0.551. The van der Waals surface area contributed by atoms with Crippen LogP contribution in [0.2, 0.25) is 0 Å². The molecule has 0 aliphatic rings. The summed E-state index contributed by atoms with van der Waals surface area (Å²) in [6.45, 7) is 8.98. The molecule has 0 N–H and O–H groups in total. The van der Waals surface area contributed by atoms with Crippen LogP contribution in [0.15, 0.2) is 17.9 Å². The third kappa shape index (κ3) is 8.21. The molecular weight excluding hydrogens is 648 g/mol. The summed E-state index contributed by atoms with van der Waals surface area (Å²) in [6, 6.07) is 0. The highest BCUT2D eigenvalue weighted by atomic mass is 79.9. The summed E-state index contributed by atoms with van der Waals surface area (Å²) in [5.41, 5.74) is 0.316. The van der Waals surface area contributed by atoms with E-state index in [1.807, 2.05) is 0 Å². The first-order valence-corrected chi connectivity index (χ1v) is 13.5. The Kier molecular flexibility index (Phi) is 13.4. The molecule has 2 atom stereocenters. The molecule has 4 nitrogen and oxygen atoms in total. The van der Waals surface area contributed by atoms with Gasteiger partial charge >= 0.3 is 11.9 Å². The molecule has 0 fully saturated rings. The summed E-state index contributed by atoms with van der Waals surface area (Å²) >= 11 is 13.8. The molecule has 8 heteroatoms. The van der Waals surface area contributed by atoms with Gasteiger partial charge in [-0.3, -0.25) is 0 Å². The lowest BCUT2D eigenvalue weighted by Crippen LogP contribution is -2.20. The van der Waals surface area contributed by atoms with E-state index in [0.717, 1.165) is 38.5 Å². The van der Waals surface area contributed by atoms with Crippen LogP contribution >= 0.6 is 63.7 Å². The molecule has 0 radical (unpaired) electrons. The van der Waals surface area contributed by atoms with Gasteiger partial charge in [0.2, 0.25) is 0 Å². The van der Waals surface area contributed by atoms with E-state index < -0.39 is 11.9 Å². The Morgan fingerprint density at radius 3 is 1.33 bits per heavy atom. The van der Waals surface area contributed by atoms with E-state index in [2.05, 4.69) is 91.4 Å². The summed E-state index contributed by atoms with van der Waals surface area (Å²) in [7, 11) is 0. The van der Waals surface area contributed by atoms with E-state index in [4.69, 9.17) is 9.47 Å². The zero-order valence-electron chi connectivity index (χ0n) is 18.0. The molecule has 0 amide bonds. The molecule has 0 saturated heterocycles. The summed E-state index contributed by atoms with van der Waals surface area (Å²) in [4.78, 5) is 25.9. The molecule has 0 spiro atoms. The van der Waals surface area contributed by atoms with Gasteiger partial charge in [0, 0.05) is 17.9 Å². The molecule has 0 heterocycles. The summed E-state index contributed by atoms with van der Waals surface area (Å²) in [6.07, 6.45) is 6.36. The summed E-state index contributed by atoms with van der Waals surface area (Å²) < 4.78 is 13.3. The number of ether oxygens (including phenoxy) is 2. The first-order valence-electron chi connectivity index (χ1n) is 10.4. The number of benzene rings is 1. The topological polar surface area (TPSA) is 52.6 Å². The van der Waals surface area contributed by atoms with Gasteiger partial charge in [-0.15, -0.1) is 0 Å². The number of hydrogen-bond donors (Lipinski definition) is 0. The Balaban J connectivity index is 3.10. The van der Waals surface area contributed by atoms with Gasteiger partial charge in [-0.05, 0) is 88.4 Å². The van der Waals surface area contributed by atoms with Crippen molar-refractivity contribution in [3.63, 3.8) is 0 Å². The zero-order valence-corrected chi connectivity index (χ0v) is 24.3. The third-order valence-electron chi connectivity index (χ3n) is 4.77. The second-order valence-corrected chi connectivity index (χ2v) is 10.9. The number of rotatable bonds is 12. The van der Waals surface area contributed by atoms with Crippen LogP contribution in [-0.2, 0) is 9.47 Å². The van der Waals surface area contributed by atoms with E-state index in [9.17, 15) is 9.59 Å². The fourth-order valence-corrected chi connectivity index (χ4v) is 5.31. The fourth-order valence-electron chi connectivity index (χ4n) is 2.87. The molecule has 30 heavy (non-hydrogen) atoms. The van der Waals surface area contributed by atoms with Crippen molar-refractivity contribution in [3.8, 4) is 0 Å². The lowest BCUT2D eigenvalue weighted by molar-refractivity contribution is 0.0394. The SMILES string of the molecule is CCCCC(C)COC(=O)c1c(Br)c(Br)c(Br)c(Br)c1C(=O)OCC(C)CCCC. The average molecular weight is 678 g/mol. The molecule has 1 aromatic rings. The predicted octanol–water partition coefficient (Wildman–Crippen LogP) is 8.70. The highest BCUT2D eigenvalue weighted by molar-refractivity contribution is 9.15. The molecule has 1 aromatic carbocycles. The van der Waals surface area contributed by atoms with Crippen LogP contribution in [0.1, 0.15) is 86.9 Å². The average Bonchev–Trinajstić information content (AvgIpc) is 2.73. The number of esters is 2. The molecular formula is C22H30Br4O4. The predicted molar refractivity (Wildman–Crippen MR) is 135 cm³/mol. The van der Waals surface area contributed by atoms with Crippen molar-refractivity contribution in [2.75, 3.05) is 13.2 Å². The van der Waals surface area contributed by atoms with Crippen LogP contribution in [0.25, 0.3) is 0 Å². The van der Waals surface area contributed by atoms with Crippen LogP contribution in [0.5, 0.6) is 0 Å². The highest BCUT2D eigenvalue weighted by Crippen LogP contribution is 2.42. The van der Waals surface area contributed by atoms with Gasteiger partial charge < -0.3 is 9.47 Å². The summed E-state index contributed by atoms with van der Waals surface area (Å²) in [5, 5.41) is 0. The maximum absolute atomic E-state index is 12.9. The number of unbranched alkanes of at least 4 members (excludes halogenated alkanes) is 2. The van der Waals surface area contributed by atoms with Crippen LogP contribution in [0.4, 0.5) is 0 Å².